The molecule has 0 bridgehead atoms. The van der Waals surface area contributed by atoms with Crippen molar-refractivity contribution >= 4 is 35.2 Å². The van der Waals surface area contributed by atoms with Gasteiger partial charge in [-0.3, -0.25) is 38.9 Å². The summed E-state index contributed by atoms with van der Waals surface area (Å²) in [6, 6.07) is 4.08. The number of aliphatic hydroxyl groups is 1. The van der Waals surface area contributed by atoms with Gasteiger partial charge in [0.2, 0.25) is 17.7 Å². The third kappa shape index (κ3) is 5.27. The first-order valence-corrected chi connectivity index (χ1v) is 13.0. The second-order valence-electron chi connectivity index (χ2n) is 10.0. The summed E-state index contributed by atoms with van der Waals surface area (Å²) in [7, 11) is 0. The number of hydrogen-bond donors (Lipinski definition) is 3. The smallest absolute Gasteiger partial charge is 0.264 e. The number of nitrogens with zero attached hydrogens (tertiary/aromatic N) is 4. The number of likely N-dealkylation sites (tertiary alicyclic amines) is 1. The van der Waals surface area contributed by atoms with Crippen LogP contribution in [0.2, 0.25) is 0 Å². The summed E-state index contributed by atoms with van der Waals surface area (Å²) < 4.78 is 1.89. The molecule has 3 aliphatic rings. The van der Waals surface area contributed by atoms with E-state index in [-0.39, 0.29) is 54.5 Å². The Morgan fingerprint density at radius 1 is 1.10 bits per heavy atom. The lowest BCUT2D eigenvalue weighted by Gasteiger charge is -2.32. The van der Waals surface area contributed by atoms with Crippen LogP contribution < -0.4 is 10.6 Å². The topological polar surface area (TPSA) is 154 Å². The number of rotatable bonds is 8. The fourth-order valence-corrected chi connectivity index (χ4v) is 5.32. The van der Waals surface area contributed by atoms with Crippen LogP contribution in [0.3, 0.4) is 0 Å². The molecule has 4 heterocycles. The average molecular weight is 535 g/mol. The molecule has 1 aromatic carbocycles. The molecule has 2 saturated heterocycles. The third-order valence-corrected chi connectivity index (χ3v) is 7.42. The normalized spacial score (nSPS) is 19.7. The van der Waals surface area contributed by atoms with Gasteiger partial charge in [-0.25, -0.2) is 0 Å². The number of carbonyl (C=O) groups excluding carboxylic acids is 5. The Hall–Kier alpha value is -4.48. The molecule has 3 aliphatic heterocycles. The average Bonchev–Trinajstić information content (AvgIpc) is 3.49. The van der Waals surface area contributed by atoms with E-state index in [1.165, 1.54) is 0 Å². The Balaban J connectivity index is 1.20. The number of hydrogen-bond acceptors (Lipinski definition) is 8. The molecule has 0 aliphatic carbocycles. The standard InChI is InChI=1S/C27H30N6O6/c1-16(34)5-8-23(36)31-11-9-18(10-12-31)32-15-17(14-29-32)13-28-20-4-2-3-19-24(20)27(39)33(26(19)38)21-6-7-22(35)30-25(21)37/h2-4,14-15,18,21,28,34H,1,5-13H2,(H,30,35,37). The molecule has 5 rings (SSSR count). The number of aliphatic hydroxyl groups excluding tert-OH is 1. The Kier molecular flexibility index (Phi) is 7.18. The summed E-state index contributed by atoms with van der Waals surface area (Å²) >= 11 is 0. The second kappa shape index (κ2) is 10.7. The van der Waals surface area contributed by atoms with E-state index in [0.29, 0.717) is 25.3 Å². The van der Waals surface area contributed by atoms with Crippen molar-refractivity contribution < 1.29 is 29.1 Å². The summed E-state index contributed by atoms with van der Waals surface area (Å²) in [5.74, 6) is -2.15. The number of aromatic nitrogens is 2. The predicted molar refractivity (Wildman–Crippen MR) is 139 cm³/mol. The Morgan fingerprint density at radius 2 is 1.87 bits per heavy atom. The first kappa shape index (κ1) is 26.1. The highest BCUT2D eigenvalue weighted by Crippen LogP contribution is 2.32. The maximum absolute atomic E-state index is 13.3. The molecule has 0 spiro atoms. The minimum Gasteiger partial charge on any atom is -0.513 e. The zero-order valence-electron chi connectivity index (χ0n) is 21.4. The van der Waals surface area contributed by atoms with E-state index in [9.17, 15) is 29.1 Å². The number of allylic oxidation sites excluding steroid dienone is 1. The Morgan fingerprint density at radius 3 is 2.59 bits per heavy atom. The van der Waals surface area contributed by atoms with E-state index in [0.717, 1.165) is 23.3 Å². The summed E-state index contributed by atoms with van der Waals surface area (Å²) in [5.41, 5.74) is 1.79. The lowest BCUT2D eigenvalue weighted by molar-refractivity contribution is -0.136. The van der Waals surface area contributed by atoms with Crippen molar-refractivity contribution in [2.75, 3.05) is 18.4 Å². The highest BCUT2D eigenvalue weighted by molar-refractivity contribution is 6.25. The van der Waals surface area contributed by atoms with Crippen LogP contribution in [0.1, 0.15) is 70.8 Å². The van der Waals surface area contributed by atoms with E-state index in [1.807, 2.05) is 10.9 Å². The van der Waals surface area contributed by atoms with E-state index >= 15 is 0 Å². The van der Waals surface area contributed by atoms with Gasteiger partial charge in [0.05, 0.1) is 29.1 Å². The van der Waals surface area contributed by atoms with Crippen molar-refractivity contribution in [3.63, 3.8) is 0 Å². The number of benzene rings is 1. The number of imide groups is 2. The zero-order chi connectivity index (χ0) is 27.7. The number of amides is 5. The van der Waals surface area contributed by atoms with Gasteiger partial charge in [0.15, 0.2) is 0 Å². The maximum atomic E-state index is 13.3. The van der Waals surface area contributed by atoms with E-state index in [1.54, 1.807) is 29.3 Å². The first-order chi connectivity index (χ1) is 18.7. The van der Waals surface area contributed by atoms with Gasteiger partial charge in [0.1, 0.15) is 6.04 Å². The Bertz CT molecular complexity index is 1360. The molecule has 39 heavy (non-hydrogen) atoms. The predicted octanol–water partition coefficient (Wildman–Crippen LogP) is 1.91. The summed E-state index contributed by atoms with van der Waals surface area (Å²) in [4.78, 5) is 65.2. The van der Waals surface area contributed by atoms with E-state index in [2.05, 4.69) is 22.3 Å². The van der Waals surface area contributed by atoms with Crippen LogP contribution >= 0.6 is 0 Å². The fraction of sp³-hybridized carbons (Fsp3) is 0.407. The molecule has 5 amide bonds. The van der Waals surface area contributed by atoms with Crippen molar-refractivity contribution in [3.8, 4) is 0 Å². The summed E-state index contributed by atoms with van der Waals surface area (Å²) in [5, 5.41) is 19.1. The first-order valence-electron chi connectivity index (χ1n) is 13.0. The molecule has 2 fully saturated rings. The van der Waals surface area contributed by atoms with Gasteiger partial charge in [-0.15, -0.1) is 0 Å². The van der Waals surface area contributed by atoms with Crippen LogP contribution in [0, 0.1) is 0 Å². The molecule has 1 atom stereocenters. The van der Waals surface area contributed by atoms with Gasteiger partial charge in [0.25, 0.3) is 11.8 Å². The van der Waals surface area contributed by atoms with Crippen LogP contribution in [0.25, 0.3) is 0 Å². The maximum Gasteiger partial charge on any atom is 0.264 e. The molecular weight excluding hydrogens is 504 g/mol. The SMILES string of the molecule is C=C(O)CCC(=O)N1CCC(n2cc(CNc3cccc4c3C(=O)N(C3CCC(=O)NC3=O)C4=O)cn2)CC1. The zero-order valence-corrected chi connectivity index (χ0v) is 21.4. The minimum absolute atomic E-state index is 0.00796. The van der Waals surface area contributed by atoms with Gasteiger partial charge in [-0.2, -0.15) is 5.10 Å². The van der Waals surface area contributed by atoms with Gasteiger partial charge >= 0.3 is 0 Å². The molecule has 1 unspecified atom stereocenters. The van der Waals surface area contributed by atoms with Crippen molar-refractivity contribution in [3.05, 3.63) is 59.6 Å². The monoisotopic (exact) mass is 534 g/mol. The number of fused-ring (bicyclic) bond motifs is 1. The highest BCUT2D eigenvalue weighted by atomic mass is 16.3. The summed E-state index contributed by atoms with van der Waals surface area (Å²) in [6.45, 7) is 5.01. The number of piperidine rings is 2. The lowest BCUT2D eigenvalue weighted by Crippen LogP contribution is -2.54. The Labute approximate surface area is 224 Å². The second-order valence-corrected chi connectivity index (χ2v) is 10.0. The molecule has 0 radical (unpaired) electrons. The molecule has 1 aromatic heterocycles. The highest BCUT2D eigenvalue weighted by Gasteiger charge is 2.45. The third-order valence-electron chi connectivity index (χ3n) is 7.42. The minimum atomic E-state index is -1.02. The molecule has 3 N–H and O–H groups in total. The van der Waals surface area contributed by atoms with Crippen molar-refractivity contribution in [1.29, 1.82) is 0 Å². The molecular formula is C27H30N6O6. The van der Waals surface area contributed by atoms with Crippen LogP contribution in [-0.2, 0) is 20.9 Å². The summed E-state index contributed by atoms with van der Waals surface area (Å²) in [6.07, 6.45) is 5.88. The van der Waals surface area contributed by atoms with Crippen molar-refractivity contribution in [2.24, 2.45) is 0 Å². The number of carbonyl (C=O) groups is 5. The van der Waals surface area contributed by atoms with Crippen LogP contribution in [0.15, 0.2) is 42.9 Å². The van der Waals surface area contributed by atoms with E-state index < -0.39 is 29.7 Å². The molecule has 204 valence electrons. The largest absolute Gasteiger partial charge is 0.513 e. The van der Waals surface area contributed by atoms with Crippen LogP contribution in [0.5, 0.6) is 0 Å². The number of nitrogens with one attached hydrogen (secondary N) is 2. The van der Waals surface area contributed by atoms with Gasteiger partial charge in [-0.05, 0) is 31.4 Å². The lowest BCUT2D eigenvalue weighted by atomic mass is 10.0. The van der Waals surface area contributed by atoms with Gasteiger partial charge < -0.3 is 15.3 Å². The number of anilines is 1. The van der Waals surface area contributed by atoms with Crippen LogP contribution in [-0.4, -0.2) is 73.4 Å². The van der Waals surface area contributed by atoms with Gasteiger partial charge in [-0.1, -0.05) is 12.6 Å². The molecule has 12 heteroatoms. The van der Waals surface area contributed by atoms with E-state index in [4.69, 9.17) is 0 Å². The molecule has 2 aromatic rings. The van der Waals surface area contributed by atoms with Crippen LogP contribution in [0.4, 0.5) is 5.69 Å². The quantitative estimate of drug-likeness (QED) is 0.343. The van der Waals surface area contributed by atoms with Gasteiger partial charge in [0, 0.05) is 56.3 Å². The van der Waals surface area contributed by atoms with Crippen molar-refractivity contribution in [2.45, 2.75) is 57.2 Å². The molecule has 0 saturated carbocycles. The van der Waals surface area contributed by atoms with Crippen molar-refractivity contribution in [1.82, 2.24) is 24.9 Å². The fourth-order valence-electron chi connectivity index (χ4n) is 5.32. The molecule has 12 nitrogen and oxygen atoms in total.